The van der Waals surface area contributed by atoms with Crippen LogP contribution in [0.15, 0.2) is 16.6 Å². The van der Waals surface area contributed by atoms with Gasteiger partial charge in [0.15, 0.2) is 17.4 Å². The molecule has 136 valence electrons. The molecule has 1 fully saturated rings. The molecule has 1 aliphatic heterocycles. The fourth-order valence-corrected chi connectivity index (χ4v) is 3.09. The average molecular weight is 408 g/mol. The molecule has 0 unspecified atom stereocenters. The Balaban J connectivity index is 1.61. The van der Waals surface area contributed by atoms with Gasteiger partial charge in [0.1, 0.15) is 6.61 Å². The lowest BCUT2D eigenvalue weighted by atomic mass is 9.99. The second kappa shape index (κ2) is 9.65. The predicted octanol–water partition coefficient (Wildman–Crippen LogP) is 3.22. The summed E-state index contributed by atoms with van der Waals surface area (Å²) in [5, 5.41) is 9.97. The minimum absolute atomic E-state index is 0.0173. The van der Waals surface area contributed by atoms with Crippen molar-refractivity contribution in [3.8, 4) is 5.75 Å². The number of β-amino-alcohol motifs (C(OH)–C–C–N with tert-alkyl or cyclic N) is 1. The zero-order valence-electron chi connectivity index (χ0n) is 13.8. The molecule has 0 aliphatic carbocycles. The fraction of sp³-hybridized carbons (Fsp3) is 0.647. The molecule has 24 heavy (non-hydrogen) atoms. The topological polar surface area (TPSA) is 41.9 Å². The Morgan fingerprint density at radius 3 is 2.50 bits per heavy atom. The van der Waals surface area contributed by atoms with E-state index in [0.717, 1.165) is 44.0 Å². The Morgan fingerprint density at radius 1 is 1.25 bits per heavy atom. The molecule has 4 nitrogen and oxygen atoms in total. The average Bonchev–Trinajstić information content (AvgIpc) is 2.51. The fourth-order valence-electron chi connectivity index (χ4n) is 2.68. The number of benzene rings is 1. The standard InChI is InChI=1S/C17H24BrF2NO3/c1-12-2-4-21(5-3-12)10-14(22)11-23-6-7-24-17-15(19)8-13(18)9-16(17)20/h8-9,12,14,22H,2-7,10-11H2,1H3/t14-/m1/s1. The normalized spacial score (nSPS) is 17.9. The number of nitrogens with zero attached hydrogens (tertiary/aromatic N) is 1. The Kier molecular flexibility index (Phi) is 7.87. The molecule has 0 saturated carbocycles. The SMILES string of the molecule is CC1CCN(C[C@@H](O)COCCOc2c(F)cc(Br)cc2F)CC1. The summed E-state index contributed by atoms with van der Waals surface area (Å²) < 4.78 is 37.8. The summed E-state index contributed by atoms with van der Waals surface area (Å²) in [5.41, 5.74) is 0. The first kappa shape index (κ1) is 19.6. The summed E-state index contributed by atoms with van der Waals surface area (Å²) in [4.78, 5) is 2.23. The van der Waals surface area contributed by atoms with E-state index in [-0.39, 0.29) is 19.8 Å². The number of aliphatic hydroxyl groups excluding tert-OH is 1. The highest BCUT2D eigenvalue weighted by molar-refractivity contribution is 9.10. The maximum atomic E-state index is 13.6. The van der Waals surface area contributed by atoms with Crippen LogP contribution in [0.4, 0.5) is 8.78 Å². The Hall–Kier alpha value is -0.760. The van der Waals surface area contributed by atoms with E-state index in [1.807, 2.05) is 0 Å². The molecule has 1 N–H and O–H groups in total. The van der Waals surface area contributed by atoms with Crippen LogP contribution in [-0.4, -0.2) is 55.6 Å². The van der Waals surface area contributed by atoms with Crippen LogP contribution in [0.3, 0.4) is 0 Å². The summed E-state index contributed by atoms with van der Waals surface area (Å²) in [7, 11) is 0. The Labute approximate surface area is 149 Å². The minimum Gasteiger partial charge on any atom is -0.485 e. The molecule has 1 aliphatic rings. The van der Waals surface area contributed by atoms with Crippen LogP contribution in [0.1, 0.15) is 19.8 Å². The first-order valence-electron chi connectivity index (χ1n) is 8.21. The molecule has 1 aromatic rings. The van der Waals surface area contributed by atoms with Gasteiger partial charge in [-0.3, -0.25) is 0 Å². The van der Waals surface area contributed by atoms with E-state index in [1.54, 1.807) is 0 Å². The monoisotopic (exact) mass is 407 g/mol. The molecule has 0 bridgehead atoms. The molecule has 0 amide bonds. The van der Waals surface area contributed by atoms with Crippen LogP contribution in [0, 0.1) is 17.6 Å². The van der Waals surface area contributed by atoms with Crippen molar-refractivity contribution in [1.82, 2.24) is 4.90 Å². The van der Waals surface area contributed by atoms with Gasteiger partial charge in [-0.25, -0.2) is 8.78 Å². The summed E-state index contributed by atoms with van der Waals surface area (Å²) in [6, 6.07) is 2.28. The summed E-state index contributed by atoms with van der Waals surface area (Å²) >= 11 is 3.01. The maximum Gasteiger partial charge on any atom is 0.190 e. The van der Waals surface area contributed by atoms with Gasteiger partial charge in [-0.15, -0.1) is 0 Å². The second-order valence-electron chi connectivity index (χ2n) is 6.26. The largest absolute Gasteiger partial charge is 0.485 e. The van der Waals surface area contributed by atoms with Crippen molar-refractivity contribution in [1.29, 1.82) is 0 Å². The van der Waals surface area contributed by atoms with E-state index in [0.29, 0.717) is 11.0 Å². The van der Waals surface area contributed by atoms with Crippen molar-refractivity contribution in [3.05, 3.63) is 28.2 Å². The zero-order chi connectivity index (χ0) is 17.5. The van der Waals surface area contributed by atoms with Gasteiger partial charge in [0.25, 0.3) is 0 Å². The first-order chi connectivity index (χ1) is 11.5. The molecule has 1 aromatic carbocycles. The van der Waals surface area contributed by atoms with E-state index >= 15 is 0 Å². The number of rotatable bonds is 8. The lowest BCUT2D eigenvalue weighted by molar-refractivity contribution is 0.00276. The lowest BCUT2D eigenvalue weighted by Crippen LogP contribution is -2.40. The second-order valence-corrected chi connectivity index (χ2v) is 7.17. The van der Waals surface area contributed by atoms with Crippen LogP contribution in [0.5, 0.6) is 5.75 Å². The number of halogens is 3. The van der Waals surface area contributed by atoms with Crippen molar-refractivity contribution in [2.24, 2.45) is 5.92 Å². The quantitative estimate of drug-likeness (QED) is 0.671. The van der Waals surface area contributed by atoms with Gasteiger partial charge in [-0.05, 0) is 44.0 Å². The summed E-state index contributed by atoms with van der Waals surface area (Å²) in [5.74, 6) is -1.18. The molecule has 2 rings (SSSR count). The highest BCUT2D eigenvalue weighted by Gasteiger charge is 2.18. The highest BCUT2D eigenvalue weighted by atomic mass is 79.9. The van der Waals surface area contributed by atoms with Crippen LogP contribution >= 0.6 is 15.9 Å². The van der Waals surface area contributed by atoms with E-state index in [1.165, 1.54) is 0 Å². The molecular weight excluding hydrogens is 384 g/mol. The molecule has 0 spiro atoms. The number of hydrogen-bond donors (Lipinski definition) is 1. The number of piperidine rings is 1. The third-order valence-corrected chi connectivity index (χ3v) is 4.55. The van der Waals surface area contributed by atoms with E-state index in [9.17, 15) is 13.9 Å². The number of aliphatic hydroxyl groups is 1. The number of ether oxygens (including phenoxy) is 2. The molecule has 0 radical (unpaired) electrons. The zero-order valence-corrected chi connectivity index (χ0v) is 15.4. The molecule has 1 saturated heterocycles. The van der Waals surface area contributed by atoms with Crippen molar-refractivity contribution >= 4 is 15.9 Å². The van der Waals surface area contributed by atoms with Gasteiger partial charge >= 0.3 is 0 Å². The summed E-state index contributed by atoms with van der Waals surface area (Å²) in [6.45, 7) is 5.19. The summed E-state index contributed by atoms with van der Waals surface area (Å²) in [6.07, 6.45) is 1.75. The van der Waals surface area contributed by atoms with Crippen molar-refractivity contribution < 1.29 is 23.4 Å². The van der Waals surface area contributed by atoms with Gasteiger partial charge in [0.2, 0.25) is 0 Å². The maximum absolute atomic E-state index is 13.6. The van der Waals surface area contributed by atoms with E-state index in [4.69, 9.17) is 9.47 Å². The van der Waals surface area contributed by atoms with Gasteiger partial charge in [0, 0.05) is 11.0 Å². The number of likely N-dealkylation sites (tertiary alicyclic amines) is 1. The van der Waals surface area contributed by atoms with Gasteiger partial charge in [0.05, 0.1) is 19.3 Å². The van der Waals surface area contributed by atoms with E-state index in [2.05, 4.69) is 27.8 Å². The third-order valence-electron chi connectivity index (χ3n) is 4.09. The molecule has 1 heterocycles. The third kappa shape index (κ3) is 6.27. The van der Waals surface area contributed by atoms with Crippen LogP contribution in [-0.2, 0) is 4.74 Å². The molecule has 0 aromatic heterocycles. The van der Waals surface area contributed by atoms with Crippen molar-refractivity contribution in [3.63, 3.8) is 0 Å². The molecule has 1 atom stereocenters. The lowest BCUT2D eigenvalue weighted by Gasteiger charge is -2.31. The van der Waals surface area contributed by atoms with Gasteiger partial charge in [-0.2, -0.15) is 0 Å². The molecule has 7 heteroatoms. The van der Waals surface area contributed by atoms with Crippen LogP contribution in [0.2, 0.25) is 0 Å². The van der Waals surface area contributed by atoms with Crippen LogP contribution < -0.4 is 4.74 Å². The van der Waals surface area contributed by atoms with Crippen molar-refractivity contribution in [2.75, 3.05) is 39.5 Å². The molecular formula is C17H24BrF2NO3. The minimum atomic E-state index is -0.763. The predicted molar refractivity (Wildman–Crippen MR) is 91.2 cm³/mol. The van der Waals surface area contributed by atoms with Crippen LogP contribution in [0.25, 0.3) is 0 Å². The smallest absolute Gasteiger partial charge is 0.190 e. The highest BCUT2D eigenvalue weighted by Crippen LogP contribution is 2.25. The first-order valence-corrected chi connectivity index (χ1v) is 9.00. The Morgan fingerprint density at radius 2 is 1.88 bits per heavy atom. The number of hydrogen-bond acceptors (Lipinski definition) is 4. The van der Waals surface area contributed by atoms with Gasteiger partial charge < -0.3 is 19.5 Å². The van der Waals surface area contributed by atoms with Gasteiger partial charge in [-0.1, -0.05) is 22.9 Å². The van der Waals surface area contributed by atoms with E-state index < -0.39 is 23.5 Å². The Bertz CT molecular complexity index is 502. The van der Waals surface area contributed by atoms with Crippen molar-refractivity contribution in [2.45, 2.75) is 25.9 Å².